The predicted molar refractivity (Wildman–Crippen MR) is 135 cm³/mol. The van der Waals surface area contributed by atoms with E-state index in [1.165, 1.54) is 12.8 Å². The van der Waals surface area contributed by atoms with Gasteiger partial charge in [0.05, 0.1) is 36.8 Å². The Bertz CT molecular complexity index is 1040. The number of ether oxygens (including phenoxy) is 2. The second kappa shape index (κ2) is 12.1. The lowest BCUT2D eigenvalue weighted by Crippen LogP contribution is -2.36. The van der Waals surface area contributed by atoms with Crippen LogP contribution in [-0.2, 0) is 11.8 Å². The molecule has 34 heavy (non-hydrogen) atoms. The first-order chi connectivity index (χ1) is 16.4. The van der Waals surface area contributed by atoms with Gasteiger partial charge in [-0.15, -0.1) is 0 Å². The molecule has 3 rings (SSSR count). The number of anilines is 1. The van der Waals surface area contributed by atoms with Crippen LogP contribution >= 0.6 is 0 Å². The smallest absolute Gasteiger partial charge is 0.224 e. The first-order valence-corrected chi connectivity index (χ1v) is 11.6. The van der Waals surface area contributed by atoms with E-state index in [-0.39, 0.29) is 11.9 Å². The van der Waals surface area contributed by atoms with E-state index in [9.17, 15) is 9.59 Å². The van der Waals surface area contributed by atoms with Crippen LogP contribution < -0.4 is 14.8 Å². The average molecular weight is 467 g/mol. The van der Waals surface area contributed by atoms with Crippen molar-refractivity contribution in [3.05, 3.63) is 48.4 Å². The van der Waals surface area contributed by atoms with Gasteiger partial charge in [-0.25, -0.2) is 0 Å². The van der Waals surface area contributed by atoms with Gasteiger partial charge >= 0.3 is 0 Å². The maximum Gasteiger partial charge on any atom is 0.224 e. The summed E-state index contributed by atoms with van der Waals surface area (Å²) in [6.07, 6.45) is 10.6. The van der Waals surface area contributed by atoms with Crippen LogP contribution in [0.25, 0.3) is 0 Å². The number of rotatable bonds is 11. The molecule has 1 fully saturated rings. The van der Waals surface area contributed by atoms with Crippen LogP contribution in [0.3, 0.4) is 0 Å². The van der Waals surface area contributed by atoms with E-state index < -0.39 is 0 Å². The Labute approximate surface area is 201 Å². The predicted octanol–water partition coefficient (Wildman–Crippen LogP) is 4.65. The minimum absolute atomic E-state index is 0.132. The summed E-state index contributed by atoms with van der Waals surface area (Å²) in [7, 11) is 3.36. The lowest BCUT2D eigenvalue weighted by atomic mass is 10.0. The highest BCUT2D eigenvalue weighted by Gasteiger charge is 2.17. The largest absolute Gasteiger partial charge is 0.493 e. The molecule has 1 aromatic heterocycles. The average Bonchev–Trinajstić information content (AvgIpc) is 3.20. The van der Waals surface area contributed by atoms with Gasteiger partial charge in [-0.05, 0) is 56.5 Å². The second-order valence-electron chi connectivity index (χ2n) is 8.43. The number of aromatic nitrogens is 1. The molecule has 0 spiro atoms. The van der Waals surface area contributed by atoms with Crippen molar-refractivity contribution in [3.63, 3.8) is 0 Å². The first kappa shape index (κ1) is 25.1. The molecule has 0 aliphatic carbocycles. The molecule has 1 saturated heterocycles. The van der Waals surface area contributed by atoms with E-state index in [4.69, 9.17) is 14.5 Å². The first-order valence-electron chi connectivity index (χ1n) is 11.6. The van der Waals surface area contributed by atoms with Crippen LogP contribution in [0.1, 0.15) is 48.2 Å². The van der Waals surface area contributed by atoms with Crippen molar-refractivity contribution in [1.29, 1.82) is 0 Å². The fraction of sp³-hybridized carbons (Fsp3) is 0.423. The van der Waals surface area contributed by atoms with Crippen molar-refractivity contribution >= 4 is 29.8 Å². The number of likely N-dealkylation sites (tertiary alicyclic amines) is 1. The van der Waals surface area contributed by atoms with E-state index in [0.717, 1.165) is 30.5 Å². The topological polar surface area (TPSA) is 85.2 Å². The minimum atomic E-state index is -0.132. The molecule has 0 saturated carbocycles. The van der Waals surface area contributed by atoms with Gasteiger partial charge in [0.2, 0.25) is 5.91 Å². The quantitative estimate of drug-likeness (QED) is 0.296. The molecule has 1 N–H and O–H groups in total. The molecule has 1 aliphatic heterocycles. The summed E-state index contributed by atoms with van der Waals surface area (Å²) in [6, 6.07) is 5.70. The molecule has 1 atom stereocenters. The molecule has 0 bridgehead atoms. The standard InChI is InChI=1S/C26H34N4O4/c1-5-30-11-7-6-9-21(30)16-27-23-15-25(24(33-4)13-19(23)2)34-12-8-10-26(32)28-20-14-22(18-31)29(3)17-20/h5,13-18,21H,1,6-12H2,2-4H3,(H,28,32)/t21-/m0/s1. The van der Waals surface area contributed by atoms with Crippen molar-refractivity contribution < 1.29 is 19.1 Å². The highest BCUT2D eigenvalue weighted by atomic mass is 16.5. The molecule has 1 amide bonds. The summed E-state index contributed by atoms with van der Waals surface area (Å²) in [4.78, 5) is 30.1. The number of amides is 1. The van der Waals surface area contributed by atoms with Gasteiger partial charge in [0.25, 0.3) is 0 Å². The minimum Gasteiger partial charge on any atom is -0.493 e. The van der Waals surface area contributed by atoms with Crippen LogP contribution in [0.5, 0.6) is 11.5 Å². The number of hydrogen-bond donors (Lipinski definition) is 1. The Morgan fingerprint density at radius 1 is 1.29 bits per heavy atom. The molecular formula is C26H34N4O4. The zero-order valence-corrected chi connectivity index (χ0v) is 20.3. The van der Waals surface area contributed by atoms with Crippen molar-refractivity contribution in [2.75, 3.05) is 25.6 Å². The molecule has 8 nitrogen and oxygen atoms in total. The molecule has 1 aromatic carbocycles. The second-order valence-corrected chi connectivity index (χ2v) is 8.43. The van der Waals surface area contributed by atoms with Crippen LogP contribution in [0.4, 0.5) is 11.4 Å². The Hall–Kier alpha value is -3.55. The van der Waals surface area contributed by atoms with Crippen molar-refractivity contribution in [2.45, 2.75) is 45.1 Å². The Balaban J connectivity index is 1.57. The molecule has 0 unspecified atom stereocenters. The maximum atomic E-state index is 12.2. The van der Waals surface area contributed by atoms with Crippen LogP contribution in [0.2, 0.25) is 0 Å². The number of nitrogens with one attached hydrogen (secondary N) is 1. The third kappa shape index (κ3) is 6.50. The number of carbonyl (C=O) groups excluding carboxylic acids is 2. The summed E-state index contributed by atoms with van der Waals surface area (Å²) in [5.74, 6) is 1.10. The summed E-state index contributed by atoms with van der Waals surface area (Å²) in [5.41, 5.74) is 2.94. The number of benzene rings is 1. The number of aliphatic imine (C=N–C) groups is 1. The highest BCUT2D eigenvalue weighted by Crippen LogP contribution is 2.35. The third-order valence-corrected chi connectivity index (χ3v) is 5.95. The number of carbonyl (C=O) groups is 2. The van der Waals surface area contributed by atoms with Crippen LogP contribution in [-0.4, -0.2) is 54.2 Å². The van der Waals surface area contributed by atoms with E-state index >= 15 is 0 Å². The summed E-state index contributed by atoms with van der Waals surface area (Å²) < 4.78 is 13.1. The normalized spacial score (nSPS) is 15.9. The van der Waals surface area contributed by atoms with E-state index in [1.54, 1.807) is 31.0 Å². The fourth-order valence-corrected chi connectivity index (χ4v) is 4.00. The fourth-order valence-electron chi connectivity index (χ4n) is 4.00. The van der Waals surface area contributed by atoms with Gasteiger partial charge in [-0.2, -0.15) is 0 Å². The molecule has 2 aromatic rings. The molecule has 2 heterocycles. The zero-order valence-electron chi connectivity index (χ0n) is 20.3. The Kier molecular flexibility index (Phi) is 8.90. The number of methoxy groups -OCH3 is 1. The zero-order chi connectivity index (χ0) is 24.5. The molecule has 8 heteroatoms. The van der Waals surface area contributed by atoms with Crippen molar-refractivity contribution in [3.8, 4) is 11.5 Å². The van der Waals surface area contributed by atoms with Gasteiger partial charge in [-0.3, -0.25) is 14.6 Å². The van der Waals surface area contributed by atoms with E-state index in [0.29, 0.717) is 42.3 Å². The van der Waals surface area contributed by atoms with E-state index in [2.05, 4.69) is 16.8 Å². The van der Waals surface area contributed by atoms with Gasteiger partial charge in [-0.1, -0.05) is 6.58 Å². The lowest BCUT2D eigenvalue weighted by molar-refractivity contribution is -0.116. The van der Waals surface area contributed by atoms with Gasteiger partial charge in [0.1, 0.15) is 0 Å². The number of hydrogen-bond acceptors (Lipinski definition) is 6. The Morgan fingerprint density at radius 3 is 2.82 bits per heavy atom. The summed E-state index contributed by atoms with van der Waals surface area (Å²) >= 11 is 0. The molecular weight excluding hydrogens is 432 g/mol. The number of piperidine rings is 1. The summed E-state index contributed by atoms with van der Waals surface area (Å²) in [6.45, 7) is 7.27. The third-order valence-electron chi connectivity index (χ3n) is 5.95. The monoisotopic (exact) mass is 466 g/mol. The molecule has 1 aliphatic rings. The Morgan fingerprint density at radius 2 is 2.12 bits per heavy atom. The summed E-state index contributed by atoms with van der Waals surface area (Å²) in [5, 5.41) is 2.80. The molecule has 0 radical (unpaired) electrons. The molecule has 182 valence electrons. The van der Waals surface area contributed by atoms with Crippen LogP contribution in [0, 0.1) is 6.92 Å². The SMILES string of the molecule is C=CN1CCCC[C@H]1C=Nc1cc(OCCCC(=O)Nc2cc(C=O)n(C)c2)c(OC)cc1C. The van der Waals surface area contributed by atoms with Gasteiger partial charge in [0, 0.05) is 38.5 Å². The van der Waals surface area contributed by atoms with Crippen molar-refractivity contribution in [1.82, 2.24) is 9.47 Å². The number of aldehydes is 1. The maximum absolute atomic E-state index is 12.2. The number of aryl methyl sites for hydroxylation is 2. The lowest BCUT2D eigenvalue weighted by Gasteiger charge is -2.32. The number of nitrogens with zero attached hydrogens (tertiary/aromatic N) is 3. The highest BCUT2D eigenvalue weighted by molar-refractivity contribution is 5.91. The van der Waals surface area contributed by atoms with Gasteiger partial charge in [0.15, 0.2) is 17.8 Å². The van der Waals surface area contributed by atoms with Crippen molar-refractivity contribution in [2.24, 2.45) is 12.0 Å². The van der Waals surface area contributed by atoms with Crippen LogP contribution in [0.15, 0.2) is 42.2 Å². The van der Waals surface area contributed by atoms with Gasteiger partial charge < -0.3 is 24.3 Å². The van der Waals surface area contributed by atoms with E-state index in [1.807, 2.05) is 31.5 Å².